The molecule has 3 rings (SSSR count). The Hall–Kier alpha value is -2.53. The molecule has 1 amide bonds. The normalized spacial score (nSPS) is 14.2. The fourth-order valence-corrected chi connectivity index (χ4v) is 3.54. The molecule has 27 heavy (non-hydrogen) atoms. The average molecular weight is 369 g/mol. The van der Waals surface area contributed by atoms with Gasteiger partial charge in [-0.3, -0.25) is 4.79 Å². The molecule has 0 heterocycles. The number of carbonyl (C=O) groups is 1. The van der Waals surface area contributed by atoms with Crippen LogP contribution in [0, 0.1) is 0 Å². The highest BCUT2D eigenvalue weighted by atomic mass is 16.5. The molecule has 0 aliphatic heterocycles. The van der Waals surface area contributed by atoms with Gasteiger partial charge in [-0.15, -0.1) is 0 Å². The number of ether oxygens (including phenoxy) is 2. The van der Waals surface area contributed by atoms with Crippen molar-refractivity contribution in [1.82, 2.24) is 5.32 Å². The van der Waals surface area contributed by atoms with E-state index in [-0.39, 0.29) is 5.91 Å². The zero-order valence-corrected chi connectivity index (χ0v) is 16.0. The maximum absolute atomic E-state index is 12.3. The van der Waals surface area contributed by atoms with E-state index in [9.17, 15) is 9.90 Å². The van der Waals surface area contributed by atoms with Gasteiger partial charge in [-0.1, -0.05) is 24.3 Å². The maximum atomic E-state index is 12.3. The second kappa shape index (κ2) is 8.91. The van der Waals surface area contributed by atoms with Crippen LogP contribution in [0.1, 0.15) is 41.2 Å². The molecular formula is C22H27NO4. The van der Waals surface area contributed by atoms with Gasteiger partial charge in [0.05, 0.1) is 14.2 Å². The number of carbonyl (C=O) groups excluding carboxylic acids is 1. The average Bonchev–Trinajstić information content (AvgIpc) is 2.72. The van der Waals surface area contributed by atoms with Crippen LogP contribution >= 0.6 is 0 Å². The van der Waals surface area contributed by atoms with Gasteiger partial charge in [-0.05, 0) is 66.5 Å². The van der Waals surface area contributed by atoms with E-state index in [0.717, 1.165) is 18.4 Å². The smallest absolute Gasteiger partial charge is 0.253 e. The first-order valence-corrected chi connectivity index (χ1v) is 9.40. The van der Waals surface area contributed by atoms with Gasteiger partial charge in [0.25, 0.3) is 5.91 Å². The lowest BCUT2D eigenvalue weighted by atomic mass is 9.89. The molecule has 1 aliphatic carbocycles. The van der Waals surface area contributed by atoms with Crippen LogP contribution in [-0.4, -0.2) is 31.8 Å². The van der Waals surface area contributed by atoms with Crippen molar-refractivity contribution in [3.8, 4) is 11.5 Å². The standard InChI is InChI=1S/C22H27NO4/c1-26-19-10-7-15(13-20(19)27-2)11-12-23-22(25)21(24)18-9-8-16-5-3-4-6-17(16)14-18/h7-10,13-14,21,24H,3-6,11-12H2,1-2H3,(H,23,25). The molecule has 0 fully saturated rings. The highest BCUT2D eigenvalue weighted by Crippen LogP contribution is 2.28. The lowest BCUT2D eigenvalue weighted by molar-refractivity contribution is -0.129. The van der Waals surface area contributed by atoms with E-state index in [1.807, 2.05) is 36.4 Å². The third-order valence-corrected chi connectivity index (χ3v) is 5.10. The fourth-order valence-electron chi connectivity index (χ4n) is 3.54. The first kappa shape index (κ1) is 19.2. The Morgan fingerprint density at radius 2 is 1.78 bits per heavy atom. The van der Waals surface area contributed by atoms with Crippen molar-refractivity contribution in [2.75, 3.05) is 20.8 Å². The number of aliphatic hydroxyl groups is 1. The van der Waals surface area contributed by atoms with E-state index in [1.54, 1.807) is 14.2 Å². The van der Waals surface area contributed by atoms with Crippen molar-refractivity contribution in [1.29, 1.82) is 0 Å². The van der Waals surface area contributed by atoms with E-state index in [2.05, 4.69) is 5.32 Å². The number of rotatable bonds is 7. The minimum Gasteiger partial charge on any atom is -0.493 e. The first-order chi connectivity index (χ1) is 13.1. The van der Waals surface area contributed by atoms with Crippen LogP contribution in [-0.2, 0) is 24.1 Å². The number of hydrogen-bond donors (Lipinski definition) is 2. The topological polar surface area (TPSA) is 67.8 Å². The van der Waals surface area contributed by atoms with Crippen molar-refractivity contribution in [2.24, 2.45) is 0 Å². The van der Waals surface area contributed by atoms with Crippen LogP contribution in [0.2, 0.25) is 0 Å². The monoisotopic (exact) mass is 369 g/mol. The molecule has 144 valence electrons. The Kier molecular flexibility index (Phi) is 6.35. The Morgan fingerprint density at radius 1 is 1.04 bits per heavy atom. The maximum Gasteiger partial charge on any atom is 0.253 e. The number of aliphatic hydroxyl groups excluding tert-OH is 1. The van der Waals surface area contributed by atoms with E-state index in [4.69, 9.17) is 9.47 Å². The number of hydrogen-bond acceptors (Lipinski definition) is 4. The van der Waals surface area contributed by atoms with Gasteiger partial charge in [-0.25, -0.2) is 0 Å². The molecule has 5 nitrogen and oxygen atoms in total. The molecule has 2 aromatic rings. The minimum atomic E-state index is -1.14. The summed E-state index contributed by atoms with van der Waals surface area (Å²) in [7, 11) is 3.19. The van der Waals surface area contributed by atoms with Crippen molar-refractivity contribution >= 4 is 5.91 Å². The van der Waals surface area contributed by atoms with E-state index >= 15 is 0 Å². The third-order valence-electron chi connectivity index (χ3n) is 5.10. The summed E-state index contributed by atoms with van der Waals surface area (Å²) in [6, 6.07) is 11.6. The highest BCUT2D eigenvalue weighted by molar-refractivity contribution is 5.82. The second-order valence-corrected chi connectivity index (χ2v) is 6.87. The minimum absolute atomic E-state index is 0.369. The van der Waals surface area contributed by atoms with E-state index in [0.29, 0.717) is 30.0 Å². The summed E-state index contributed by atoms with van der Waals surface area (Å²) in [6.45, 7) is 0.441. The van der Waals surface area contributed by atoms with E-state index < -0.39 is 6.10 Å². The zero-order chi connectivity index (χ0) is 19.2. The lowest BCUT2D eigenvalue weighted by Crippen LogP contribution is -2.31. The number of benzene rings is 2. The Balaban J connectivity index is 1.56. The van der Waals surface area contributed by atoms with Gasteiger partial charge < -0.3 is 19.9 Å². The summed E-state index contributed by atoms with van der Waals surface area (Å²) in [6.07, 6.45) is 4.00. The Bertz CT molecular complexity index is 803. The third kappa shape index (κ3) is 4.61. The Morgan fingerprint density at radius 3 is 2.52 bits per heavy atom. The van der Waals surface area contributed by atoms with Crippen LogP contribution in [0.3, 0.4) is 0 Å². The van der Waals surface area contributed by atoms with Crippen LogP contribution in [0.25, 0.3) is 0 Å². The molecule has 2 N–H and O–H groups in total. The summed E-state index contributed by atoms with van der Waals surface area (Å²) >= 11 is 0. The Labute approximate surface area is 160 Å². The van der Waals surface area contributed by atoms with Crippen molar-refractivity contribution in [3.63, 3.8) is 0 Å². The van der Waals surface area contributed by atoms with Crippen molar-refractivity contribution in [2.45, 2.75) is 38.2 Å². The summed E-state index contributed by atoms with van der Waals surface area (Å²) in [4.78, 5) is 12.3. The molecule has 1 atom stereocenters. The number of fused-ring (bicyclic) bond motifs is 1. The summed E-state index contributed by atoms with van der Waals surface area (Å²) in [5, 5.41) is 13.2. The molecule has 0 radical (unpaired) electrons. The fraction of sp³-hybridized carbons (Fsp3) is 0.409. The second-order valence-electron chi connectivity index (χ2n) is 6.87. The van der Waals surface area contributed by atoms with Gasteiger partial charge in [0, 0.05) is 6.54 Å². The van der Waals surface area contributed by atoms with Crippen molar-refractivity contribution < 1.29 is 19.4 Å². The van der Waals surface area contributed by atoms with Gasteiger partial charge in [0.15, 0.2) is 17.6 Å². The van der Waals surface area contributed by atoms with Gasteiger partial charge >= 0.3 is 0 Å². The first-order valence-electron chi connectivity index (χ1n) is 9.40. The summed E-state index contributed by atoms with van der Waals surface area (Å²) in [5.74, 6) is 0.967. The van der Waals surface area contributed by atoms with Crippen molar-refractivity contribution in [3.05, 3.63) is 58.7 Å². The van der Waals surface area contributed by atoms with Crippen LogP contribution in [0.15, 0.2) is 36.4 Å². The predicted molar refractivity (Wildman–Crippen MR) is 104 cm³/mol. The predicted octanol–water partition coefficient (Wildman–Crippen LogP) is 2.97. The van der Waals surface area contributed by atoms with Crippen LogP contribution < -0.4 is 14.8 Å². The van der Waals surface area contributed by atoms with Crippen LogP contribution in [0.4, 0.5) is 0 Å². The summed E-state index contributed by atoms with van der Waals surface area (Å²) < 4.78 is 10.5. The molecule has 5 heteroatoms. The number of aryl methyl sites for hydroxylation is 2. The van der Waals surface area contributed by atoms with Gasteiger partial charge in [0.1, 0.15) is 0 Å². The number of nitrogens with one attached hydrogen (secondary N) is 1. The summed E-state index contributed by atoms with van der Waals surface area (Å²) in [5.41, 5.74) is 4.29. The molecule has 0 spiro atoms. The molecule has 0 bridgehead atoms. The largest absolute Gasteiger partial charge is 0.493 e. The number of methoxy groups -OCH3 is 2. The molecule has 0 saturated heterocycles. The molecule has 1 unspecified atom stereocenters. The molecule has 1 aliphatic rings. The zero-order valence-electron chi connectivity index (χ0n) is 16.0. The number of amides is 1. The van der Waals surface area contributed by atoms with Gasteiger partial charge in [-0.2, -0.15) is 0 Å². The van der Waals surface area contributed by atoms with Crippen LogP contribution in [0.5, 0.6) is 11.5 Å². The highest BCUT2D eigenvalue weighted by Gasteiger charge is 2.19. The SMILES string of the molecule is COc1ccc(CCNC(=O)C(O)c2ccc3c(c2)CCCC3)cc1OC. The van der Waals surface area contributed by atoms with Gasteiger partial charge in [0.2, 0.25) is 0 Å². The molecule has 2 aromatic carbocycles. The molecule has 0 saturated carbocycles. The van der Waals surface area contributed by atoms with E-state index in [1.165, 1.54) is 24.0 Å². The molecular weight excluding hydrogens is 342 g/mol. The lowest BCUT2D eigenvalue weighted by Gasteiger charge is -2.18. The quantitative estimate of drug-likeness (QED) is 0.787. The molecule has 0 aromatic heterocycles.